The molecule has 3 atom stereocenters. The van der Waals surface area contributed by atoms with E-state index in [9.17, 15) is 14.7 Å². The van der Waals surface area contributed by atoms with Crippen LogP contribution in [0.1, 0.15) is 71.5 Å². The lowest BCUT2D eigenvalue weighted by molar-refractivity contribution is -0.253. The fourth-order valence-corrected chi connectivity index (χ4v) is 7.48. The van der Waals surface area contributed by atoms with Crippen molar-refractivity contribution in [3.63, 3.8) is 0 Å². The molecule has 2 amide bonds. The van der Waals surface area contributed by atoms with Gasteiger partial charge in [-0.1, -0.05) is 146 Å². The summed E-state index contributed by atoms with van der Waals surface area (Å²) in [7, 11) is 0. The molecular formula is C50H52N4O5. The highest BCUT2D eigenvalue weighted by atomic mass is 16.7. The SMILES string of the molecule is Nc1ccccc1NC(=O)CCCC(=O)NCc1ccccc1-c1ccc([C@@H]2O[C@H](CN(Cc3ccccc3)Cc3ccccc3)C[C@H](c3ccc(CO)cc3)O2)cc1. The van der Waals surface area contributed by atoms with Gasteiger partial charge in [-0.2, -0.15) is 0 Å². The molecule has 0 saturated carbocycles. The van der Waals surface area contributed by atoms with Crippen LogP contribution in [0, 0.1) is 0 Å². The van der Waals surface area contributed by atoms with Crippen molar-refractivity contribution in [3.8, 4) is 11.1 Å². The van der Waals surface area contributed by atoms with E-state index in [1.807, 2.05) is 66.7 Å². The monoisotopic (exact) mass is 788 g/mol. The lowest BCUT2D eigenvalue weighted by Crippen LogP contribution is -2.39. The number of para-hydroxylation sites is 2. The van der Waals surface area contributed by atoms with Crippen molar-refractivity contribution in [2.75, 3.05) is 17.6 Å². The van der Waals surface area contributed by atoms with Gasteiger partial charge in [-0.15, -0.1) is 0 Å². The summed E-state index contributed by atoms with van der Waals surface area (Å²) >= 11 is 0. The molecule has 0 radical (unpaired) electrons. The van der Waals surface area contributed by atoms with E-state index < -0.39 is 6.29 Å². The fourth-order valence-electron chi connectivity index (χ4n) is 7.48. The Bertz CT molecular complexity index is 2210. The number of nitrogens with two attached hydrogens (primary N) is 1. The summed E-state index contributed by atoms with van der Waals surface area (Å²) < 4.78 is 13.5. The van der Waals surface area contributed by atoms with Gasteiger partial charge in [-0.3, -0.25) is 14.5 Å². The average molecular weight is 789 g/mol. The summed E-state index contributed by atoms with van der Waals surface area (Å²) in [5, 5.41) is 15.5. The molecule has 1 aliphatic rings. The van der Waals surface area contributed by atoms with Crippen LogP contribution in [0.5, 0.6) is 0 Å². The zero-order valence-corrected chi connectivity index (χ0v) is 33.2. The van der Waals surface area contributed by atoms with Crippen LogP contribution in [-0.4, -0.2) is 34.5 Å². The van der Waals surface area contributed by atoms with Gasteiger partial charge in [0.2, 0.25) is 11.8 Å². The van der Waals surface area contributed by atoms with Crippen LogP contribution in [0.2, 0.25) is 0 Å². The molecule has 0 bridgehead atoms. The Hall–Kier alpha value is -6.10. The number of hydrogen-bond acceptors (Lipinski definition) is 7. The molecule has 302 valence electrons. The van der Waals surface area contributed by atoms with Gasteiger partial charge in [0.05, 0.1) is 30.2 Å². The number of ether oxygens (including phenoxy) is 2. The topological polar surface area (TPSA) is 126 Å². The third-order valence-corrected chi connectivity index (χ3v) is 10.6. The van der Waals surface area contributed by atoms with E-state index in [1.165, 1.54) is 11.1 Å². The van der Waals surface area contributed by atoms with Crippen molar-refractivity contribution < 1.29 is 24.2 Å². The average Bonchev–Trinajstić information content (AvgIpc) is 3.27. The Kier molecular flexibility index (Phi) is 14.3. The summed E-state index contributed by atoms with van der Waals surface area (Å²) in [4.78, 5) is 27.7. The normalized spacial score (nSPS) is 16.4. The van der Waals surface area contributed by atoms with E-state index in [4.69, 9.17) is 15.2 Å². The summed E-state index contributed by atoms with van der Waals surface area (Å²) in [5.74, 6) is -0.292. The first-order valence-electron chi connectivity index (χ1n) is 20.3. The Morgan fingerprint density at radius 1 is 0.661 bits per heavy atom. The number of nitrogen functional groups attached to an aromatic ring is 1. The number of rotatable bonds is 17. The molecule has 6 aromatic rings. The fraction of sp³-hybridized carbons (Fsp3) is 0.240. The van der Waals surface area contributed by atoms with Gasteiger partial charge < -0.3 is 30.9 Å². The zero-order chi connectivity index (χ0) is 40.8. The van der Waals surface area contributed by atoms with Crippen molar-refractivity contribution in [2.45, 2.75) is 70.4 Å². The maximum Gasteiger partial charge on any atom is 0.224 e. The van der Waals surface area contributed by atoms with Crippen molar-refractivity contribution in [1.82, 2.24) is 10.2 Å². The molecule has 0 aromatic heterocycles. The smallest absolute Gasteiger partial charge is 0.224 e. The van der Waals surface area contributed by atoms with E-state index >= 15 is 0 Å². The first kappa shape index (κ1) is 41.1. The Balaban J connectivity index is 1.02. The van der Waals surface area contributed by atoms with E-state index in [0.29, 0.717) is 37.3 Å². The van der Waals surface area contributed by atoms with Gasteiger partial charge in [-0.25, -0.2) is 0 Å². The van der Waals surface area contributed by atoms with E-state index in [2.05, 4.69) is 94.4 Å². The molecule has 1 saturated heterocycles. The number of nitrogens with one attached hydrogen (secondary N) is 2. The van der Waals surface area contributed by atoms with Crippen molar-refractivity contribution in [2.24, 2.45) is 0 Å². The maximum atomic E-state index is 12.8. The first-order valence-corrected chi connectivity index (χ1v) is 20.3. The second kappa shape index (κ2) is 20.5. The molecule has 9 heteroatoms. The number of nitrogens with zero attached hydrogens (tertiary/aromatic N) is 1. The molecule has 1 heterocycles. The van der Waals surface area contributed by atoms with Crippen LogP contribution < -0.4 is 16.4 Å². The van der Waals surface area contributed by atoms with Gasteiger partial charge in [0.1, 0.15) is 0 Å². The van der Waals surface area contributed by atoms with Crippen LogP contribution >= 0.6 is 0 Å². The number of hydrogen-bond donors (Lipinski definition) is 4. The van der Waals surface area contributed by atoms with Crippen molar-refractivity contribution >= 4 is 23.2 Å². The van der Waals surface area contributed by atoms with Gasteiger partial charge in [0.25, 0.3) is 0 Å². The second-order valence-electron chi connectivity index (χ2n) is 15.0. The first-order chi connectivity index (χ1) is 28.9. The highest BCUT2D eigenvalue weighted by Crippen LogP contribution is 2.39. The highest BCUT2D eigenvalue weighted by Gasteiger charge is 2.33. The second-order valence-corrected chi connectivity index (χ2v) is 15.0. The quantitative estimate of drug-likeness (QED) is 0.0680. The standard InChI is InChI=1S/C50H52N4O5/c51-45-18-9-10-19-46(45)53-49(57)21-11-20-48(56)52-31-42-16-7-8-17-44(42)39-26-28-41(29-27-39)50-58-43(30-47(59-50)40-24-22-38(35-55)23-25-40)34-54(32-36-12-3-1-4-13-36)33-37-14-5-2-6-15-37/h1-10,12-19,22-29,43,47,50,55H,11,20-21,30-35,51H2,(H,52,56)(H,53,57)/t43-,47+,50+/m0/s1. The third kappa shape index (κ3) is 11.7. The molecule has 7 rings (SSSR count). The lowest BCUT2D eigenvalue weighted by atomic mass is 9.97. The molecule has 0 aliphatic carbocycles. The Labute approximate surface area is 346 Å². The molecule has 6 aromatic carbocycles. The number of carbonyl (C=O) groups is 2. The Morgan fingerprint density at radius 2 is 1.27 bits per heavy atom. The van der Waals surface area contributed by atoms with Gasteiger partial charge in [0.15, 0.2) is 6.29 Å². The predicted molar refractivity (Wildman–Crippen MR) is 232 cm³/mol. The predicted octanol–water partition coefficient (Wildman–Crippen LogP) is 9.10. The third-order valence-electron chi connectivity index (χ3n) is 10.6. The van der Waals surface area contributed by atoms with Crippen molar-refractivity contribution in [3.05, 3.63) is 191 Å². The number of aliphatic hydroxyl groups is 1. The molecular weight excluding hydrogens is 737 g/mol. The number of anilines is 2. The number of aliphatic hydroxyl groups excluding tert-OH is 1. The highest BCUT2D eigenvalue weighted by molar-refractivity contribution is 5.94. The summed E-state index contributed by atoms with van der Waals surface area (Å²) in [6.45, 7) is 2.63. The minimum atomic E-state index is -0.595. The number of carbonyl (C=O) groups excluding carboxylic acids is 2. The minimum absolute atomic E-state index is 0.0118. The molecule has 1 aliphatic heterocycles. The number of benzene rings is 6. The molecule has 5 N–H and O–H groups in total. The molecule has 0 spiro atoms. The van der Waals surface area contributed by atoms with E-state index in [1.54, 1.807) is 12.1 Å². The number of amides is 2. The van der Waals surface area contributed by atoms with E-state index in [-0.39, 0.29) is 43.5 Å². The molecule has 9 nitrogen and oxygen atoms in total. The van der Waals surface area contributed by atoms with Crippen molar-refractivity contribution in [1.29, 1.82) is 0 Å². The van der Waals surface area contributed by atoms with E-state index in [0.717, 1.165) is 46.5 Å². The summed E-state index contributed by atoms with van der Waals surface area (Å²) in [6.07, 6.45) is 0.639. The van der Waals surface area contributed by atoms with Crippen LogP contribution in [-0.2, 0) is 45.3 Å². The van der Waals surface area contributed by atoms with Gasteiger partial charge in [0, 0.05) is 51.0 Å². The largest absolute Gasteiger partial charge is 0.397 e. The molecule has 0 unspecified atom stereocenters. The van der Waals surface area contributed by atoms with Crippen LogP contribution in [0.25, 0.3) is 11.1 Å². The lowest BCUT2D eigenvalue weighted by Gasteiger charge is -2.38. The van der Waals surface area contributed by atoms with Gasteiger partial charge >= 0.3 is 0 Å². The van der Waals surface area contributed by atoms with Gasteiger partial charge in [-0.05, 0) is 57.5 Å². The van der Waals surface area contributed by atoms with Crippen LogP contribution in [0.15, 0.2) is 158 Å². The summed E-state index contributed by atoms with van der Waals surface area (Å²) in [5.41, 5.74) is 15.3. The Morgan fingerprint density at radius 3 is 1.95 bits per heavy atom. The molecule has 1 fully saturated rings. The van der Waals surface area contributed by atoms with Crippen LogP contribution in [0.4, 0.5) is 11.4 Å². The summed E-state index contributed by atoms with van der Waals surface area (Å²) in [6, 6.07) is 52.5. The van der Waals surface area contributed by atoms with Crippen LogP contribution in [0.3, 0.4) is 0 Å². The molecule has 59 heavy (non-hydrogen) atoms. The zero-order valence-electron chi connectivity index (χ0n) is 33.2. The minimum Gasteiger partial charge on any atom is -0.397 e. The maximum absolute atomic E-state index is 12.8.